The molecular formula is C28H40Cl2N2O4. The van der Waals surface area contributed by atoms with Crippen LogP contribution in [0.2, 0.25) is 5.02 Å². The van der Waals surface area contributed by atoms with Gasteiger partial charge in [0.05, 0.1) is 11.4 Å². The van der Waals surface area contributed by atoms with Crippen LogP contribution >= 0.6 is 23.2 Å². The highest BCUT2D eigenvalue weighted by Crippen LogP contribution is 2.31. The molecule has 0 spiro atoms. The first kappa shape index (κ1) is 31.9. The quantitative estimate of drug-likeness (QED) is 0.236. The van der Waals surface area contributed by atoms with E-state index in [1.165, 1.54) is 0 Å². The number of amides is 2. The molecule has 0 aliphatic rings. The highest BCUT2D eigenvalue weighted by atomic mass is 35.5. The zero-order valence-electron chi connectivity index (χ0n) is 22.6. The highest BCUT2D eigenvalue weighted by Gasteiger charge is 2.20. The lowest BCUT2D eigenvalue weighted by molar-refractivity contribution is -0.118. The predicted octanol–water partition coefficient (Wildman–Crippen LogP) is 6.68. The van der Waals surface area contributed by atoms with Crippen molar-refractivity contribution in [2.45, 2.75) is 61.3 Å². The Morgan fingerprint density at radius 2 is 1.39 bits per heavy atom. The van der Waals surface area contributed by atoms with Crippen LogP contribution in [-0.2, 0) is 31.9 Å². The fourth-order valence-electron chi connectivity index (χ4n) is 3.80. The number of anilines is 2. The summed E-state index contributed by atoms with van der Waals surface area (Å²) in [7, 11) is 0. The monoisotopic (exact) mass is 538 g/mol. The second kappa shape index (κ2) is 16.6. The summed E-state index contributed by atoms with van der Waals surface area (Å²) in [5, 5.41) is 0.671. The number of halogens is 2. The molecule has 0 radical (unpaired) electrons. The van der Waals surface area contributed by atoms with Crippen molar-refractivity contribution in [3.8, 4) is 0 Å². The van der Waals surface area contributed by atoms with Crippen molar-refractivity contribution in [3.05, 3.63) is 57.6 Å². The van der Waals surface area contributed by atoms with E-state index in [0.717, 1.165) is 46.5 Å². The van der Waals surface area contributed by atoms with Crippen molar-refractivity contribution in [1.29, 1.82) is 0 Å². The second-order valence-corrected chi connectivity index (χ2v) is 8.79. The maximum absolute atomic E-state index is 12.0. The third-order valence-electron chi connectivity index (χ3n) is 5.72. The van der Waals surface area contributed by atoms with E-state index in [4.69, 9.17) is 32.7 Å². The Kier molecular flexibility index (Phi) is 14.7. The van der Waals surface area contributed by atoms with E-state index in [9.17, 15) is 9.59 Å². The number of carbonyl (C=O) groups excluding carboxylic acids is 2. The molecule has 2 amide bonds. The number of alkyl halides is 1. The number of benzene rings is 2. The zero-order chi connectivity index (χ0) is 27.3. The lowest BCUT2D eigenvalue weighted by Crippen LogP contribution is -2.35. The largest absolute Gasteiger partial charge is 0.361 e. The maximum Gasteiger partial charge on any atom is 0.243 e. The summed E-state index contributed by atoms with van der Waals surface area (Å²) in [6, 6.07) is 9.87. The first-order valence-corrected chi connectivity index (χ1v) is 13.3. The number of hydrogen-bond donors (Lipinski definition) is 0. The lowest BCUT2D eigenvalue weighted by atomic mass is 10.0. The van der Waals surface area contributed by atoms with Gasteiger partial charge in [-0.3, -0.25) is 19.4 Å². The molecule has 0 unspecified atom stereocenters. The molecule has 0 aliphatic heterocycles. The fraction of sp³-hybridized carbons (Fsp3) is 0.500. The number of carbonyl (C=O) groups is 2. The molecule has 0 saturated heterocycles. The predicted molar refractivity (Wildman–Crippen MR) is 150 cm³/mol. The van der Waals surface area contributed by atoms with Crippen molar-refractivity contribution in [3.63, 3.8) is 0 Å². The minimum absolute atomic E-state index is 0.0371. The third-order valence-corrected chi connectivity index (χ3v) is 6.35. The minimum Gasteiger partial charge on any atom is -0.361 e. The van der Waals surface area contributed by atoms with Crippen molar-refractivity contribution in [2.24, 2.45) is 0 Å². The smallest absolute Gasteiger partial charge is 0.243 e. The molecule has 0 saturated carbocycles. The van der Waals surface area contributed by atoms with Crippen molar-refractivity contribution < 1.29 is 19.1 Å². The maximum atomic E-state index is 12.0. The normalized spacial score (nSPS) is 10.5. The highest BCUT2D eigenvalue weighted by molar-refractivity contribution is 6.32. The minimum atomic E-state index is -0.130. The summed E-state index contributed by atoms with van der Waals surface area (Å²) in [4.78, 5) is 27.0. The molecule has 2 aromatic carbocycles. The molecule has 0 bridgehead atoms. The Morgan fingerprint density at radius 1 is 0.833 bits per heavy atom. The van der Waals surface area contributed by atoms with Crippen molar-refractivity contribution >= 4 is 46.4 Å². The van der Waals surface area contributed by atoms with E-state index >= 15 is 0 Å². The number of hydrogen-bond acceptors (Lipinski definition) is 4. The van der Waals surface area contributed by atoms with E-state index in [0.29, 0.717) is 18.2 Å². The summed E-state index contributed by atoms with van der Waals surface area (Å²) in [5.41, 5.74) is 6.03. The van der Waals surface area contributed by atoms with Crippen molar-refractivity contribution in [1.82, 2.24) is 0 Å². The van der Waals surface area contributed by atoms with Gasteiger partial charge >= 0.3 is 0 Å². The topological polar surface area (TPSA) is 59.1 Å². The zero-order valence-corrected chi connectivity index (χ0v) is 24.1. The van der Waals surface area contributed by atoms with E-state index in [-0.39, 0.29) is 31.2 Å². The summed E-state index contributed by atoms with van der Waals surface area (Å²) in [5.74, 6) is -0.206. The van der Waals surface area contributed by atoms with Crippen LogP contribution in [0.4, 0.5) is 11.4 Å². The van der Waals surface area contributed by atoms with Crippen LogP contribution in [0.1, 0.15) is 56.9 Å². The molecule has 0 atom stereocenters. The first-order chi connectivity index (χ1) is 17.2. The average molecular weight is 540 g/mol. The molecule has 2 aromatic rings. The van der Waals surface area contributed by atoms with Gasteiger partial charge in [-0.15, -0.1) is 11.6 Å². The third kappa shape index (κ3) is 8.77. The van der Waals surface area contributed by atoms with Gasteiger partial charge in [-0.1, -0.05) is 49.7 Å². The SMILES string of the molecule is CCOCN(C(=O)CCl)c1c(C)cccc1CC.CCOCN(C(C)=O)c1c(CC)ccc(Cl)c1C. The summed E-state index contributed by atoms with van der Waals surface area (Å²) < 4.78 is 10.7. The molecular weight excluding hydrogens is 499 g/mol. The fourth-order valence-corrected chi connectivity index (χ4v) is 4.09. The van der Waals surface area contributed by atoms with Gasteiger partial charge in [0.15, 0.2) is 0 Å². The van der Waals surface area contributed by atoms with E-state index in [1.807, 2.05) is 58.0 Å². The van der Waals surface area contributed by atoms with Crippen LogP contribution in [-0.4, -0.2) is 44.4 Å². The Hall–Kier alpha value is -2.12. The Balaban J connectivity index is 0.000000360. The molecule has 6 nitrogen and oxygen atoms in total. The molecule has 0 fully saturated rings. The summed E-state index contributed by atoms with van der Waals surface area (Å²) >= 11 is 11.8. The summed E-state index contributed by atoms with van der Waals surface area (Å²) in [6.45, 7) is 15.1. The van der Waals surface area contributed by atoms with Gasteiger partial charge < -0.3 is 9.47 Å². The number of ether oxygens (including phenoxy) is 2. The molecule has 36 heavy (non-hydrogen) atoms. The standard InChI is InChI=1S/2C14H20ClNO2/c1-5-12-7-8-13(15)10(3)14(12)16(11(4)17)9-18-6-2;1-4-12-8-6-7-11(3)14(12)16(10-18-5-2)13(17)9-15/h7-8H,5-6,9H2,1-4H3;6-8H,4-5,9-10H2,1-3H3. The van der Waals surface area contributed by atoms with Crippen LogP contribution in [0.5, 0.6) is 0 Å². The van der Waals surface area contributed by atoms with Gasteiger partial charge in [0.25, 0.3) is 0 Å². The van der Waals surface area contributed by atoms with Crippen LogP contribution < -0.4 is 9.80 Å². The van der Waals surface area contributed by atoms with Crippen LogP contribution in [0.15, 0.2) is 30.3 Å². The van der Waals surface area contributed by atoms with E-state index < -0.39 is 0 Å². The lowest BCUT2D eigenvalue weighted by Gasteiger charge is -2.25. The Bertz CT molecular complexity index is 998. The molecule has 8 heteroatoms. The van der Waals surface area contributed by atoms with Crippen LogP contribution in [0.3, 0.4) is 0 Å². The van der Waals surface area contributed by atoms with Gasteiger partial charge in [-0.25, -0.2) is 0 Å². The molecule has 0 aromatic heterocycles. The molecule has 0 N–H and O–H groups in total. The van der Waals surface area contributed by atoms with Gasteiger partial charge in [0, 0.05) is 25.2 Å². The van der Waals surface area contributed by atoms with Gasteiger partial charge in [0.2, 0.25) is 11.8 Å². The van der Waals surface area contributed by atoms with E-state index in [1.54, 1.807) is 16.7 Å². The molecule has 200 valence electrons. The van der Waals surface area contributed by atoms with Crippen LogP contribution in [0, 0.1) is 13.8 Å². The average Bonchev–Trinajstić information content (AvgIpc) is 2.87. The van der Waals surface area contributed by atoms with Crippen molar-refractivity contribution in [2.75, 3.05) is 42.4 Å². The number of rotatable bonds is 11. The Morgan fingerprint density at radius 3 is 1.89 bits per heavy atom. The number of nitrogens with zero attached hydrogens (tertiary/aromatic N) is 2. The number of para-hydroxylation sites is 1. The molecule has 2 rings (SSSR count). The Labute approximate surface area is 226 Å². The van der Waals surface area contributed by atoms with Crippen LogP contribution in [0.25, 0.3) is 0 Å². The van der Waals surface area contributed by atoms with Gasteiger partial charge in [-0.05, 0) is 68.9 Å². The number of aryl methyl sites for hydroxylation is 3. The van der Waals surface area contributed by atoms with E-state index in [2.05, 4.69) is 13.8 Å². The van der Waals surface area contributed by atoms with Gasteiger partial charge in [-0.2, -0.15) is 0 Å². The molecule has 0 aliphatic carbocycles. The summed E-state index contributed by atoms with van der Waals surface area (Å²) in [6.07, 6.45) is 1.72. The first-order valence-electron chi connectivity index (χ1n) is 12.3. The molecule has 0 heterocycles. The second-order valence-electron chi connectivity index (χ2n) is 8.12. The van der Waals surface area contributed by atoms with Gasteiger partial charge in [0.1, 0.15) is 19.3 Å².